The lowest BCUT2D eigenvalue weighted by atomic mass is 10.1. The molecule has 0 aromatic heterocycles. The Morgan fingerprint density at radius 1 is 1.14 bits per heavy atom. The molecular weight excluding hydrogens is 350 g/mol. The minimum atomic E-state index is -0.107. The Labute approximate surface area is 166 Å². The van der Waals surface area contributed by atoms with Gasteiger partial charge in [-0.3, -0.25) is 9.69 Å². The van der Waals surface area contributed by atoms with Crippen molar-refractivity contribution in [3.05, 3.63) is 71.8 Å². The molecule has 3 rings (SSSR count). The summed E-state index contributed by atoms with van der Waals surface area (Å²) >= 11 is 0. The van der Waals surface area contributed by atoms with Crippen LogP contribution in [0.5, 0.6) is 5.75 Å². The first-order valence-electron chi connectivity index (χ1n) is 9.61. The highest BCUT2D eigenvalue weighted by atomic mass is 16.5. The number of hydrogen-bond donors (Lipinski definition) is 1. The van der Waals surface area contributed by atoms with Crippen molar-refractivity contribution in [3.63, 3.8) is 0 Å². The fraction of sp³-hybridized carbons (Fsp3) is 0.304. The molecule has 0 spiro atoms. The Morgan fingerprint density at radius 2 is 1.86 bits per heavy atom. The van der Waals surface area contributed by atoms with Crippen molar-refractivity contribution in [2.24, 2.45) is 0 Å². The first-order chi connectivity index (χ1) is 13.8. The Bertz CT molecular complexity index is 819. The van der Waals surface area contributed by atoms with E-state index >= 15 is 0 Å². The molecule has 1 N–H and O–H groups in total. The second kappa shape index (κ2) is 10.3. The second-order valence-electron chi connectivity index (χ2n) is 6.76. The van der Waals surface area contributed by atoms with Gasteiger partial charge in [0.05, 0.1) is 6.04 Å². The number of nitrogens with one attached hydrogen (secondary N) is 1. The summed E-state index contributed by atoms with van der Waals surface area (Å²) in [4.78, 5) is 14.7. The number of likely N-dealkylation sites (tertiary alicyclic amines) is 1. The third-order valence-electron chi connectivity index (χ3n) is 4.85. The molecule has 0 saturated carbocycles. The number of nitrogens with zero attached hydrogens (tertiary/aromatic N) is 2. The van der Waals surface area contributed by atoms with Gasteiger partial charge in [0, 0.05) is 12.6 Å². The van der Waals surface area contributed by atoms with E-state index in [1.54, 1.807) is 24.3 Å². The molecule has 5 heteroatoms. The van der Waals surface area contributed by atoms with Crippen molar-refractivity contribution in [2.45, 2.75) is 18.9 Å². The van der Waals surface area contributed by atoms with E-state index in [1.807, 2.05) is 36.4 Å². The van der Waals surface area contributed by atoms with Crippen LogP contribution in [0.25, 0.3) is 6.08 Å². The summed E-state index contributed by atoms with van der Waals surface area (Å²) in [5, 5.41) is 11.6. The van der Waals surface area contributed by atoms with Crippen molar-refractivity contribution in [1.82, 2.24) is 10.2 Å². The molecule has 1 fully saturated rings. The molecule has 144 valence electrons. The SMILES string of the molecule is N#CCOc1ccc(/C=C/C(=O)NCC(c2ccccc2)N2CCCC2)cc1. The lowest BCUT2D eigenvalue weighted by molar-refractivity contribution is -0.116. The van der Waals surface area contributed by atoms with Gasteiger partial charge in [-0.15, -0.1) is 0 Å². The zero-order chi connectivity index (χ0) is 19.6. The van der Waals surface area contributed by atoms with Gasteiger partial charge in [-0.25, -0.2) is 0 Å². The zero-order valence-electron chi connectivity index (χ0n) is 15.9. The van der Waals surface area contributed by atoms with Crippen LogP contribution < -0.4 is 10.1 Å². The highest BCUT2D eigenvalue weighted by Gasteiger charge is 2.23. The van der Waals surface area contributed by atoms with E-state index in [-0.39, 0.29) is 18.6 Å². The molecule has 1 amide bonds. The third-order valence-corrected chi connectivity index (χ3v) is 4.85. The standard InChI is InChI=1S/C23H25N3O2/c24-14-17-28-21-11-8-19(9-12-21)10-13-23(27)25-18-22(26-15-4-5-16-26)20-6-2-1-3-7-20/h1-3,6-13,22H,4-5,15-18H2,(H,25,27)/b13-10+. The Morgan fingerprint density at radius 3 is 2.54 bits per heavy atom. The average Bonchev–Trinajstić information content (AvgIpc) is 3.27. The molecule has 1 aliphatic heterocycles. The van der Waals surface area contributed by atoms with E-state index in [2.05, 4.69) is 22.3 Å². The van der Waals surface area contributed by atoms with Gasteiger partial charge in [0.15, 0.2) is 6.61 Å². The number of ether oxygens (including phenoxy) is 1. The number of carbonyl (C=O) groups is 1. The lowest BCUT2D eigenvalue weighted by Crippen LogP contribution is -2.36. The summed E-state index contributed by atoms with van der Waals surface area (Å²) < 4.78 is 5.22. The molecule has 0 radical (unpaired) electrons. The summed E-state index contributed by atoms with van der Waals surface area (Å²) in [6.07, 6.45) is 5.75. The quantitative estimate of drug-likeness (QED) is 0.717. The molecule has 2 aromatic carbocycles. The zero-order valence-corrected chi connectivity index (χ0v) is 15.9. The summed E-state index contributed by atoms with van der Waals surface area (Å²) in [6.45, 7) is 2.77. The monoisotopic (exact) mass is 375 g/mol. The maximum Gasteiger partial charge on any atom is 0.244 e. The van der Waals surface area contributed by atoms with Gasteiger partial charge in [0.2, 0.25) is 5.91 Å². The summed E-state index contributed by atoms with van der Waals surface area (Å²) in [6, 6.07) is 19.8. The van der Waals surface area contributed by atoms with Crippen molar-refractivity contribution in [1.29, 1.82) is 5.26 Å². The van der Waals surface area contributed by atoms with Crippen LogP contribution in [0.1, 0.15) is 30.0 Å². The Kier molecular flexibility index (Phi) is 7.22. The van der Waals surface area contributed by atoms with E-state index < -0.39 is 0 Å². The van der Waals surface area contributed by atoms with E-state index in [1.165, 1.54) is 18.4 Å². The normalized spacial score (nSPS) is 15.2. The summed E-state index contributed by atoms with van der Waals surface area (Å²) in [7, 11) is 0. The molecule has 0 bridgehead atoms. The predicted octanol–water partition coefficient (Wildman–Crippen LogP) is 3.56. The van der Waals surface area contributed by atoms with E-state index in [0.29, 0.717) is 12.3 Å². The van der Waals surface area contributed by atoms with Gasteiger partial charge in [0.25, 0.3) is 0 Å². The lowest BCUT2D eigenvalue weighted by Gasteiger charge is -2.28. The van der Waals surface area contributed by atoms with E-state index in [0.717, 1.165) is 18.7 Å². The van der Waals surface area contributed by atoms with Gasteiger partial charge in [-0.2, -0.15) is 5.26 Å². The molecular formula is C23H25N3O2. The summed E-state index contributed by atoms with van der Waals surface area (Å²) in [5.74, 6) is 0.532. The first kappa shape index (κ1) is 19.7. The Hall–Kier alpha value is -3.10. The molecule has 28 heavy (non-hydrogen) atoms. The summed E-state index contributed by atoms with van der Waals surface area (Å²) in [5.41, 5.74) is 2.14. The molecule has 1 unspecified atom stereocenters. The van der Waals surface area contributed by atoms with Gasteiger partial charge in [0.1, 0.15) is 11.8 Å². The fourth-order valence-electron chi connectivity index (χ4n) is 3.41. The number of hydrogen-bond acceptors (Lipinski definition) is 4. The van der Waals surface area contributed by atoms with Crippen molar-refractivity contribution in [3.8, 4) is 11.8 Å². The van der Waals surface area contributed by atoms with E-state index in [4.69, 9.17) is 10.00 Å². The number of carbonyl (C=O) groups excluding carboxylic acids is 1. The molecule has 1 heterocycles. The molecule has 1 atom stereocenters. The largest absolute Gasteiger partial charge is 0.479 e. The Balaban J connectivity index is 1.55. The fourth-order valence-corrected chi connectivity index (χ4v) is 3.41. The second-order valence-corrected chi connectivity index (χ2v) is 6.76. The predicted molar refractivity (Wildman–Crippen MR) is 110 cm³/mol. The molecule has 1 aliphatic rings. The number of rotatable bonds is 8. The van der Waals surface area contributed by atoms with Crippen LogP contribution in [0.2, 0.25) is 0 Å². The van der Waals surface area contributed by atoms with Crippen LogP contribution in [0.15, 0.2) is 60.7 Å². The highest BCUT2D eigenvalue weighted by molar-refractivity contribution is 5.91. The van der Waals surface area contributed by atoms with Crippen LogP contribution in [-0.2, 0) is 4.79 Å². The minimum absolute atomic E-state index is 0.0250. The van der Waals surface area contributed by atoms with Crippen LogP contribution in [0.4, 0.5) is 0 Å². The number of amides is 1. The minimum Gasteiger partial charge on any atom is -0.479 e. The van der Waals surface area contributed by atoms with Crippen LogP contribution in [0, 0.1) is 11.3 Å². The highest BCUT2D eigenvalue weighted by Crippen LogP contribution is 2.24. The van der Waals surface area contributed by atoms with Crippen molar-refractivity contribution >= 4 is 12.0 Å². The number of nitriles is 1. The maximum atomic E-state index is 12.3. The van der Waals surface area contributed by atoms with Gasteiger partial charge in [-0.05, 0) is 55.3 Å². The molecule has 1 saturated heterocycles. The van der Waals surface area contributed by atoms with Crippen molar-refractivity contribution in [2.75, 3.05) is 26.2 Å². The first-order valence-corrected chi connectivity index (χ1v) is 9.61. The van der Waals surface area contributed by atoms with Gasteiger partial charge < -0.3 is 10.1 Å². The van der Waals surface area contributed by atoms with Gasteiger partial charge >= 0.3 is 0 Å². The van der Waals surface area contributed by atoms with Gasteiger partial charge in [-0.1, -0.05) is 42.5 Å². The smallest absolute Gasteiger partial charge is 0.244 e. The molecule has 0 aliphatic carbocycles. The van der Waals surface area contributed by atoms with Crippen LogP contribution in [-0.4, -0.2) is 37.0 Å². The van der Waals surface area contributed by atoms with Crippen LogP contribution >= 0.6 is 0 Å². The maximum absolute atomic E-state index is 12.3. The van der Waals surface area contributed by atoms with E-state index in [9.17, 15) is 4.79 Å². The third kappa shape index (κ3) is 5.70. The average molecular weight is 375 g/mol. The van der Waals surface area contributed by atoms with Crippen LogP contribution in [0.3, 0.4) is 0 Å². The molecule has 5 nitrogen and oxygen atoms in total. The van der Waals surface area contributed by atoms with Crippen molar-refractivity contribution < 1.29 is 9.53 Å². The topological polar surface area (TPSA) is 65.4 Å². The molecule has 2 aromatic rings. The number of benzene rings is 2.